The average molecular weight is 359 g/mol. The van der Waals surface area contributed by atoms with Crippen molar-refractivity contribution in [3.05, 3.63) is 50.9 Å². The molecule has 0 fully saturated rings. The Hall–Kier alpha value is -2.61. The van der Waals surface area contributed by atoms with Crippen LogP contribution in [0.5, 0.6) is 11.6 Å². The van der Waals surface area contributed by atoms with Crippen LogP contribution in [0.3, 0.4) is 0 Å². The van der Waals surface area contributed by atoms with Crippen LogP contribution in [0.15, 0.2) is 24.5 Å². The molecule has 0 atom stereocenters. The van der Waals surface area contributed by atoms with E-state index in [0.717, 1.165) is 59.7 Å². The number of nitro benzene ring substituents is 1. The average Bonchev–Trinajstić information content (AvgIpc) is 2.78. The second-order valence-electron chi connectivity index (χ2n) is 5.89. The van der Waals surface area contributed by atoms with E-state index in [1.54, 1.807) is 11.3 Å². The number of aryl methyl sites for hydroxylation is 2. The van der Waals surface area contributed by atoms with Gasteiger partial charge in [-0.2, -0.15) is 0 Å². The molecule has 0 amide bonds. The summed E-state index contributed by atoms with van der Waals surface area (Å²) >= 11 is 1.61. The van der Waals surface area contributed by atoms with Gasteiger partial charge in [-0.3, -0.25) is 10.1 Å². The molecule has 0 N–H and O–H groups in total. The van der Waals surface area contributed by atoms with Crippen molar-refractivity contribution in [1.82, 2.24) is 9.97 Å². The fourth-order valence-corrected chi connectivity index (χ4v) is 4.36. The number of ether oxygens (including phenoxy) is 1. The molecule has 0 radical (unpaired) electrons. The number of nitro groups is 1. The topological polar surface area (TPSA) is 78.2 Å². The highest BCUT2D eigenvalue weighted by Crippen LogP contribution is 2.41. The molecule has 3 aromatic rings. The van der Waals surface area contributed by atoms with Crippen LogP contribution in [-0.2, 0) is 12.8 Å². The minimum atomic E-state index is -0.602. The Morgan fingerprint density at radius 1 is 1.20 bits per heavy atom. The molecule has 0 saturated heterocycles. The number of aromatic nitrogens is 2. The van der Waals surface area contributed by atoms with Crippen molar-refractivity contribution >= 4 is 27.2 Å². The van der Waals surface area contributed by atoms with E-state index >= 15 is 0 Å². The van der Waals surface area contributed by atoms with E-state index in [4.69, 9.17) is 4.74 Å². The molecule has 0 spiro atoms. The first-order valence-corrected chi connectivity index (χ1v) is 8.82. The van der Waals surface area contributed by atoms with Gasteiger partial charge >= 0.3 is 5.69 Å². The number of benzene rings is 1. The second-order valence-corrected chi connectivity index (χ2v) is 6.98. The first-order valence-electron chi connectivity index (χ1n) is 8.00. The molecule has 2 aromatic heterocycles. The lowest BCUT2D eigenvalue weighted by Gasteiger charge is -2.08. The molecule has 128 valence electrons. The first kappa shape index (κ1) is 15.9. The standard InChI is InChI=1S/C17H14FN3O3S/c18-10-6-7-12(21(22)23)13(8-10)24-16-15-11-4-2-1-3-5-14(11)25-17(15)20-9-19-16/h6-9H,1-5H2. The molecule has 0 bridgehead atoms. The molecule has 1 aliphatic rings. The van der Waals surface area contributed by atoms with Crippen molar-refractivity contribution in [2.24, 2.45) is 0 Å². The summed E-state index contributed by atoms with van der Waals surface area (Å²) in [5.74, 6) is -0.508. The highest BCUT2D eigenvalue weighted by Gasteiger charge is 2.23. The molecule has 25 heavy (non-hydrogen) atoms. The fourth-order valence-electron chi connectivity index (χ4n) is 3.14. The van der Waals surface area contributed by atoms with E-state index in [2.05, 4.69) is 9.97 Å². The Balaban J connectivity index is 1.84. The van der Waals surface area contributed by atoms with Crippen LogP contribution in [-0.4, -0.2) is 14.9 Å². The van der Waals surface area contributed by atoms with Gasteiger partial charge in [0.2, 0.25) is 11.6 Å². The van der Waals surface area contributed by atoms with Crippen LogP contribution in [0.1, 0.15) is 29.7 Å². The molecule has 0 saturated carbocycles. The van der Waals surface area contributed by atoms with E-state index in [0.29, 0.717) is 0 Å². The summed E-state index contributed by atoms with van der Waals surface area (Å²) in [4.78, 5) is 21.1. The van der Waals surface area contributed by atoms with Crippen LogP contribution < -0.4 is 4.74 Å². The quantitative estimate of drug-likeness (QED) is 0.381. The van der Waals surface area contributed by atoms with Crippen molar-refractivity contribution in [3.8, 4) is 11.6 Å². The Morgan fingerprint density at radius 3 is 2.88 bits per heavy atom. The van der Waals surface area contributed by atoms with Gasteiger partial charge in [-0.05, 0) is 37.3 Å². The highest BCUT2D eigenvalue weighted by molar-refractivity contribution is 7.18. The van der Waals surface area contributed by atoms with Gasteiger partial charge in [-0.15, -0.1) is 11.3 Å². The lowest BCUT2D eigenvalue weighted by Crippen LogP contribution is -1.97. The first-order chi connectivity index (χ1) is 12.1. The monoisotopic (exact) mass is 359 g/mol. The Morgan fingerprint density at radius 2 is 2.04 bits per heavy atom. The molecule has 0 unspecified atom stereocenters. The molecule has 2 heterocycles. The zero-order chi connectivity index (χ0) is 17.4. The van der Waals surface area contributed by atoms with Gasteiger partial charge in [0.05, 0.1) is 10.3 Å². The summed E-state index contributed by atoms with van der Waals surface area (Å²) < 4.78 is 19.3. The maximum absolute atomic E-state index is 13.6. The highest BCUT2D eigenvalue weighted by atomic mass is 32.1. The van der Waals surface area contributed by atoms with Crippen LogP contribution in [0.4, 0.5) is 10.1 Å². The SMILES string of the molecule is O=[N+]([O-])c1ccc(F)cc1Oc1ncnc2sc3c(c12)CCCCC3. The van der Waals surface area contributed by atoms with E-state index in [-0.39, 0.29) is 17.3 Å². The van der Waals surface area contributed by atoms with E-state index in [9.17, 15) is 14.5 Å². The molecule has 1 aliphatic carbocycles. The minimum absolute atomic E-state index is 0.154. The smallest absolute Gasteiger partial charge is 0.311 e. The van der Waals surface area contributed by atoms with Crippen molar-refractivity contribution in [1.29, 1.82) is 0 Å². The summed E-state index contributed by atoms with van der Waals surface area (Å²) in [7, 11) is 0. The molecule has 6 nitrogen and oxygen atoms in total. The zero-order valence-corrected chi connectivity index (χ0v) is 14.0. The summed E-state index contributed by atoms with van der Waals surface area (Å²) in [6, 6.07) is 3.14. The number of thiophene rings is 1. The molecule has 4 rings (SSSR count). The molecular formula is C17H14FN3O3S. The van der Waals surface area contributed by atoms with E-state index in [1.165, 1.54) is 17.6 Å². The van der Waals surface area contributed by atoms with Crippen molar-refractivity contribution in [3.63, 3.8) is 0 Å². The summed E-state index contributed by atoms with van der Waals surface area (Å²) in [6.45, 7) is 0. The number of hydrogen-bond acceptors (Lipinski definition) is 6. The Kier molecular flexibility index (Phi) is 4.04. The number of fused-ring (bicyclic) bond motifs is 3. The lowest BCUT2D eigenvalue weighted by atomic mass is 10.1. The van der Waals surface area contributed by atoms with E-state index in [1.807, 2.05) is 0 Å². The third-order valence-corrected chi connectivity index (χ3v) is 5.49. The molecule has 1 aromatic carbocycles. The lowest BCUT2D eigenvalue weighted by molar-refractivity contribution is -0.385. The second kappa shape index (κ2) is 6.36. The van der Waals surface area contributed by atoms with Gasteiger partial charge in [0.1, 0.15) is 17.0 Å². The fraction of sp³-hybridized carbons (Fsp3) is 0.294. The van der Waals surface area contributed by atoms with Crippen LogP contribution in [0.2, 0.25) is 0 Å². The predicted octanol–water partition coefficient (Wildman–Crippen LogP) is 4.80. The van der Waals surface area contributed by atoms with Gasteiger partial charge in [0.25, 0.3) is 0 Å². The normalized spacial score (nSPS) is 14.1. The van der Waals surface area contributed by atoms with Crippen LogP contribution >= 0.6 is 11.3 Å². The van der Waals surface area contributed by atoms with Gasteiger partial charge in [0, 0.05) is 17.0 Å². The summed E-state index contributed by atoms with van der Waals surface area (Å²) in [5.41, 5.74) is 0.863. The largest absolute Gasteiger partial charge is 0.431 e. The summed E-state index contributed by atoms with van der Waals surface area (Å²) in [5, 5.41) is 12.0. The van der Waals surface area contributed by atoms with Crippen molar-refractivity contribution in [2.45, 2.75) is 32.1 Å². The Bertz CT molecular complexity index is 973. The van der Waals surface area contributed by atoms with Gasteiger partial charge in [-0.1, -0.05) is 6.42 Å². The minimum Gasteiger partial charge on any atom is -0.431 e. The third kappa shape index (κ3) is 2.93. The van der Waals surface area contributed by atoms with Crippen molar-refractivity contribution in [2.75, 3.05) is 0 Å². The van der Waals surface area contributed by atoms with Crippen molar-refractivity contribution < 1.29 is 14.1 Å². The van der Waals surface area contributed by atoms with E-state index < -0.39 is 10.7 Å². The molecule has 8 heteroatoms. The summed E-state index contributed by atoms with van der Waals surface area (Å²) in [6.07, 6.45) is 6.66. The van der Waals surface area contributed by atoms with Gasteiger partial charge in [-0.25, -0.2) is 14.4 Å². The number of hydrogen-bond donors (Lipinski definition) is 0. The maximum Gasteiger partial charge on any atom is 0.311 e. The number of nitrogens with zero attached hydrogens (tertiary/aromatic N) is 3. The Labute approximate surface area is 146 Å². The number of rotatable bonds is 3. The zero-order valence-electron chi connectivity index (χ0n) is 13.2. The maximum atomic E-state index is 13.6. The van der Waals surface area contributed by atoms with Crippen LogP contribution in [0.25, 0.3) is 10.2 Å². The van der Waals surface area contributed by atoms with Crippen LogP contribution in [0, 0.1) is 15.9 Å². The molecule has 0 aliphatic heterocycles. The number of halogens is 1. The molecular weight excluding hydrogens is 345 g/mol. The predicted molar refractivity (Wildman–Crippen MR) is 91.8 cm³/mol. The third-order valence-electron chi connectivity index (χ3n) is 4.29. The van der Waals surface area contributed by atoms with Gasteiger partial charge < -0.3 is 4.74 Å². The van der Waals surface area contributed by atoms with Gasteiger partial charge in [0.15, 0.2) is 0 Å².